The topological polar surface area (TPSA) is 29.1 Å². The average molecular weight is 322 g/mol. The quantitative estimate of drug-likeness (QED) is 0.850. The fourth-order valence-electron chi connectivity index (χ4n) is 1.25. The first-order valence-electron chi connectivity index (χ1n) is 5.03. The molecule has 0 aliphatic heterocycles. The van der Waals surface area contributed by atoms with Gasteiger partial charge in [0, 0.05) is 11.9 Å². The Labute approximate surface area is 111 Å². The molecule has 0 saturated heterocycles. The van der Waals surface area contributed by atoms with Gasteiger partial charge in [-0.2, -0.15) is 13.2 Å². The Balaban J connectivity index is 2.87. The van der Waals surface area contributed by atoms with Crippen LogP contribution in [-0.2, 0) is 4.79 Å². The number of nitrogens with one attached hydrogen (secondary N) is 1. The molecule has 6 heteroatoms. The highest BCUT2D eigenvalue weighted by Crippen LogP contribution is 2.24. The predicted octanol–water partition coefficient (Wildman–Crippen LogP) is 4.08. The summed E-state index contributed by atoms with van der Waals surface area (Å²) >= 11 is 2.61. The number of benzene rings is 1. The molecule has 0 amide bonds. The van der Waals surface area contributed by atoms with Crippen LogP contribution < -0.4 is 5.32 Å². The third kappa shape index (κ3) is 3.60. The highest BCUT2D eigenvalue weighted by atomic mass is 79.9. The lowest BCUT2D eigenvalue weighted by molar-refractivity contribution is -0.165. The van der Waals surface area contributed by atoms with Gasteiger partial charge in [0.15, 0.2) is 0 Å². The van der Waals surface area contributed by atoms with E-state index in [1.165, 1.54) is 0 Å². The molecule has 1 aromatic rings. The minimum atomic E-state index is -4.88. The molecule has 1 aromatic carbocycles. The van der Waals surface area contributed by atoms with Crippen LogP contribution in [0.3, 0.4) is 0 Å². The molecular formula is C12H11BrF3NO. The van der Waals surface area contributed by atoms with Crippen molar-refractivity contribution in [3.63, 3.8) is 0 Å². The molecule has 0 aromatic heterocycles. The lowest BCUT2D eigenvalue weighted by atomic mass is 10.1. The SMILES string of the molecule is Cc1cccc(N/C=C(\Br)C(=O)C(F)(F)F)c1C. The third-order valence-corrected chi connectivity index (χ3v) is 3.02. The summed E-state index contributed by atoms with van der Waals surface area (Å²) in [6.07, 6.45) is -3.88. The molecule has 0 bridgehead atoms. The van der Waals surface area contributed by atoms with Gasteiger partial charge < -0.3 is 5.32 Å². The zero-order valence-corrected chi connectivity index (χ0v) is 11.3. The molecule has 0 radical (unpaired) electrons. The summed E-state index contributed by atoms with van der Waals surface area (Å²) in [6, 6.07) is 5.38. The van der Waals surface area contributed by atoms with Crippen molar-refractivity contribution in [2.45, 2.75) is 20.0 Å². The second-order valence-electron chi connectivity index (χ2n) is 3.71. The molecular weight excluding hydrogens is 311 g/mol. The van der Waals surface area contributed by atoms with Gasteiger partial charge in [0.25, 0.3) is 5.78 Å². The number of carbonyl (C=O) groups excluding carboxylic acids is 1. The highest BCUT2D eigenvalue weighted by Gasteiger charge is 2.39. The maximum Gasteiger partial charge on any atom is 0.455 e. The predicted molar refractivity (Wildman–Crippen MR) is 67.6 cm³/mol. The van der Waals surface area contributed by atoms with Crippen LogP contribution >= 0.6 is 15.9 Å². The van der Waals surface area contributed by atoms with Crippen molar-refractivity contribution in [2.75, 3.05) is 5.32 Å². The minimum Gasteiger partial charge on any atom is -0.360 e. The van der Waals surface area contributed by atoms with Crippen LogP contribution in [-0.4, -0.2) is 12.0 Å². The molecule has 0 unspecified atom stereocenters. The second kappa shape index (κ2) is 5.56. The lowest BCUT2D eigenvalue weighted by Crippen LogP contribution is -2.22. The van der Waals surface area contributed by atoms with Gasteiger partial charge in [-0.05, 0) is 47.0 Å². The maximum absolute atomic E-state index is 12.1. The number of hydrogen-bond acceptors (Lipinski definition) is 2. The van der Waals surface area contributed by atoms with Crippen LogP contribution in [0.2, 0.25) is 0 Å². The molecule has 0 aliphatic carbocycles. The van der Waals surface area contributed by atoms with E-state index in [0.29, 0.717) is 5.69 Å². The van der Waals surface area contributed by atoms with Crippen molar-refractivity contribution < 1.29 is 18.0 Å². The van der Waals surface area contributed by atoms with E-state index in [0.717, 1.165) is 17.3 Å². The summed E-state index contributed by atoms with van der Waals surface area (Å²) in [5.74, 6) is -1.92. The molecule has 1 rings (SSSR count). The van der Waals surface area contributed by atoms with E-state index < -0.39 is 16.4 Å². The summed E-state index contributed by atoms with van der Waals surface area (Å²) in [6.45, 7) is 3.73. The van der Waals surface area contributed by atoms with Crippen molar-refractivity contribution in [2.24, 2.45) is 0 Å². The van der Waals surface area contributed by atoms with E-state index in [-0.39, 0.29) is 0 Å². The number of hydrogen-bond donors (Lipinski definition) is 1. The van der Waals surface area contributed by atoms with Crippen LogP contribution in [0.5, 0.6) is 0 Å². The Morgan fingerprint density at radius 3 is 2.50 bits per heavy atom. The maximum atomic E-state index is 12.1. The molecule has 2 nitrogen and oxygen atoms in total. The molecule has 0 fully saturated rings. The molecule has 0 aliphatic rings. The molecule has 98 valence electrons. The van der Waals surface area contributed by atoms with E-state index in [1.54, 1.807) is 12.1 Å². The molecule has 0 saturated carbocycles. The van der Waals surface area contributed by atoms with E-state index in [2.05, 4.69) is 21.2 Å². The van der Waals surface area contributed by atoms with E-state index in [9.17, 15) is 18.0 Å². The summed E-state index contributed by atoms with van der Waals surface area (Å²) in [5.41, 5.74) is 2.57. The minimum absolute atomic E-state index is 0.559. The Kier molecular flexibility index (Phi) is 4.56. The van der Waals surface area contributed by atoms with E-state index >= 15 is 0 Å². The number of anilines is 1. The van der Waals surface area contributed by atoms with Crippen LogP contribution in [0.15, 0.2) is 28.9 Å². The number of aryl methyl sites for hydroxylation is 1. The van der Waals surface area contributed by atoms with Crippen molar-refractivity contribution in [3.05, 3.63) is 40.0 Å². The van der Waals surface area contributed by atoms with Crippen molar-refractivity contribution in [1.82, 2.24) is 0 Å². The summed E-state index contributed by atoms with van der Waals surface area (Å²) in [5, 5.41) is 2.68. The standard InChI is InChI=1S/C12H11BrF3NO/c1-7-4-3-5-10(8(7)2)17-6-9(13)11(18)12(14,15)16/h3-6,17H,1-2H3/b9-6-. The van der Waals surface area contributed by atoms with Crippen LogP contribution in [0.4, 0.5) is 18.9 Å². The lowest BCUT2D eigenvalue weighted by Gasteiger charge is -2.09. The number of alkyl halides is 3. The largest absolute Gasteiger partial charge is 0.455 e. The molecule has 0 heterocycles. The molecule has 18 heavy (non-hydrogen) atoms. The van der Waals surface area contributed by atoms with Gasteiger partial charge in [-0.25, -0.2) is 0 Å². The molecule has 0 spiro atoms. The fourth-order valence-corrected chi connectivity index (χ4v) is 1.59. The van der Waals surface area contributed by atoms with Crippen LogP contribution in [0.25, 0.3) is 0 Å². The summed E-state index contributed by atoms with van der Waals surface area (Å²) < 4.78 is 35.8. The number of carbonyl (C=O) groups is 1. The Morgan fingerprint density at radius 1 is 1.33 bits per heavy atom. The van der Waals surface area contributed by atoms with Crippen LogP contribution in [0.1, 0.15) is 11.1 Å². The average Bonchev–Trinajstić information content (AvgIpc) is 2.28. The Bertz CT molecular complexity index is 495. The van der Waals surface area contributed by atoms with Gasteiger partial charge in [0.05, 0.1) is 4.48 Å². The number of rotatable bonds is 3. The van der Waals surface area contributed by atoms with Gasteiger partial charge in [0.2, 0.25) is 0 Å². The van der Waals surface area contributed by atoms with Crippen molar-refractivity contribution in [3.8, 4) is 0 Å². The summed E-state index contributed by atoms with van der Waals surface area (Å²) in [4.78, 5) is 10.9. The van der Waals surface area contributed by atoms with Crippen molar-refractivity contribution in [1.29, 1.82) is 0 Å². The van der Waals surface area contributed by atoms with Gasteiger partial charge in [-0.1, -0.05) is 12.1 Å². The zero-order valence-electron chi connectivity index (χ0n) is 9.73. The number of allylic oxidation sites excluding steroid dienone is 1. The summed E-state index contributed by atoms with van der Waals surface area (Å²) in [7, 11) is 0. The number of ketones is 1. The first-order chi connectivity index (χ1) is 8.23. The van der Waals surface area contributed by atoms with Gasteiger partial charge in [-0.3, -0.25) is 4.79 Å². The first-order valence-corrected chi connectivity index (χ1v) is 5.82. The van der Waals surface area contributed by atoms with Crippen molar-refractivity contribution >= 4 is 27.4 Å². The Hall–Kier alpha value is -1.30. The number of Topliss-reactive ketones (excluding diaryl/α,β-unsaturated/α-hetero) is 1. The third-order valence-electron chi connectivity index (χ3n) is 2.43. The van der Waals surface area contributed by atoms with Gasteiger partial charge in [-0.15, -0.1) is 0 Å². The second-order valence-corrected chi connectivity index (χ2v) is 4.57. The zero-order chi connectivity index (χ0) is 13.9. The monoisotopic (exact) mass is 321 g/mol. The smallest absolute Gasteiger partial charge is 0.360 e. The fraction of sp³-hybridized carbons (Fsp3) is 0.250. The highest BCUT2D eigenvalue weighted by molar-refractivity contribution is 9.12. The van der Waals surface area contributed by atoms with E-state index in [1.807, 2.05) is 19.9 Å². The van der Waals surface area contributed by atoms with Crippen LogP contribution in [0, 0.1) is 13.8 Å². The van der Waals surface area contributed by atoms with Gasteiger partial charge >= 0.3 is 6.18 Å². The normalized spacial score (nSPS) is 12.4. The molecule has 0 atom stereocenters. The Morgan fingerprint density at radius 2 is 1.94 bits per heavy atom. The number of halogens is 4. The van der Waals surface area contributed by atoms with Gasteiger partial charge in [0.1, 0.15) is 0 Å². The first kappa shape index (κ1) is 14.8. The molecule has 1 N–H and O–H groups in total. The van der Waals surface area contributed by atoms with E-state index in [4.69, 9.17) is 0 Å².